The molecule has 0 saturated heterocycles. The van der Waals surface area contributed by atoms with Crippen LogP contribution in [0.2, 0.25) is 0 Å². The minimum Gasteiger partial charge on any atom is -0.496 e. The van der Waals surface area contributed by atoms with E-state index in [0.29, 0.717) is 18.0 Å². The van der Waals surface area contributed by atoms with Crippen molar-refractivity contribution in [3.8, 4) is 5.75 Å². The third-order valence-electron chi connectivity index (χ3n) is 3.17. The minimum atomic E-state index is -0.425. The van der Waals surface area contributed by atoms with Crippen molar-refractivity contribution in [2.75, 3.05) is 25.6 Å². The number of anilines is 1. The zero-order valence-electron chi connectivity index (χ0n) is 12.2. The van der Waals surface area contributed by atoms with Crippen molar-refractivity contribution in [1.82, 2.24) is 0 Å². The van der Waals surface area contributed by atoms with Crippen LogP contribution in [0, 0.1) is 15.5 Å². The molecule has 0 aliphatic heterocycles. The predicted molar refractivity (Wildman–Crippen MR) is 78.2 cm³/mol. The van der Waals surface area contributed by atoms with Gasteiger partial charge in [-0.1, -0.05) is 13.8 Å². The van der Waals surface area contributed by atoms with Gasteiger partial charge in [0.25, 0.3) is 5.69 Å². The summed E-state index contributed by atoms with van der Waals surface area (Å²) in [6, 6.07) is 4.75. The van der Waals surface area contributed by atoms with Gasteiger partial charge in [-0.15, -0.1) is 0 Å². The minimum absolute atomic E-state index is 0.00214. The van der Waals surface area contributed by atoms with Crippen molar-refractivity contribution in [2.45, 2.75) is 26.7 Å². The number of hydrogen-bond acceptors (Lipinski definition) is 5. The summed E-state index contributed by atoms with van der Waals surface area (Å²) in [6.45, 7) is 4.88. The SMILES string of the molecule is COc1ccc(NCC(C)(C)CCCO)c([N+](=O)[O-])c1. The van der Waals surface area contributed by atoms with Gasteiger partial charge in [-0.3, -0.25) is 10.1 Å². The summed E-state index contributed by atoms with van der Waals surface area (Å²) in [5, 5.41) is 23.0. The molecule has 112 valence electrons. The van der Waals surface area contributed by atoms with Gasteiger partial charge in [0.2, 0.25) is 0 Å². The summed E-state index contributed by atoms with van der Waals surface area (Å²) in [6.07, 6.45) is 1.57. The molecule has 1 rings (SSSR count). The van der Waals surface area contributed by atoms with E-state index < -0.39 is 4.92 Å². The molecular weight excluding hydrogens is 260 g/mol. The molecule has 0 unspecified atom stereocenters. The molecule has 1 aromatic carbocycles. The van der Waals surface area contributed by atoms with E-state index in [2.05, 4.69) is 19.2 Å². The normalized spacial score (nSPS) is 11.2. The number of nitrogens with zero attached hydrogens (tertiary/aromatic N) is 1. The third kappa shape index (κ3) is 4.70. The smallest absolute Gasteiger partial charge is 0.296 e. The topological polar surface area (TPSA) is 84.6 Å². The molecule has 2 N–H and O–H groups in total. The van der Waals surface area contributed by atoms with Crippen molar-refractivity contribution < 1.29 is 14.8 Å². The Labute approximate surface area is 118 Å². The fourth-order valence-electron chi connectivity index (χ4n) is 1.92. The van der Waals surface area contributed by atoms with Crippen LogP contribution in [0.4, 0.5) is 11.4 Å². The van der Waals surface area contributed by atoms with Crippen LogP contribution in [0.1, 0.15) is 26.7 Å². The lowest BCUT2D eigenvalue weighted by atomic mass is 9.88. The van der Waals surface area contributed by atoms with E-state index in [-0.39, 0.29) is 17.7 Å². The van der Waals surface area contributed by atoms with Crippen LogP contribution < -0.4 is 10.1 Å². The van der Waals surface area contributed by atoms with Gasteiger partial charge in [0.1, 0.15) is 11.4 Å². The summed E-state index contributed by atoms with van der Waals surface area (Å²) in [5.41, 5.74) is 0.437. The Morgan fingerprint density at radius 2 is 2.15 bits per heavy atom. The number of nitro groups is 1. The Balaban J connectivity index is 2.79. The molecule has 0 fully saturated rings. The second kappa shape index (κ2) is 7.09. The summed E-state index contributed by atoms with van der Waals surface area (Å²) in [5.74, 6) is 0.460. The van der Waals surface area contributed by atoms with Gasteiger partial charge in [-0.2, -0.15) is 0 Å². The molecule has 0 saturated carbocycles. The Morgan fingerprint density at radius 1 is 1.45 bits per heavy atom. The van der Waals surface area contributed by atoms with Crippen molar-refractivity contribution in [2.24, 2.45) is 5.41 Å². The van der Waals surface area contributed by atoms with E-state index in [1.807, 2.05) is 0 Å². The lowest BCUT2D eigenvalue weighted by molar-refractivity contribution is -0.384. The molecular formula is C14H22N2O4. The van der Waals surface area contributed by atoms with Gasteiger partial charge in [0, 0.05) is 13.2 Å². The summed E-state index contributed by atoms with van der Waals surface area (Å²) >= 11 is 0. The molecule has 0 atom stereocenters. The number of nitrogens with one attached hydrogen (secondary N) is 1. The number of methoxy groups -OCH3 is 1. The molecule has 0 radical (unpaired) electrons. The number of aliphatic hydroxyl groups is 1. The molecule has 0 heterocycles. The zero-order chi connectivity index (χ0) is 15.2. The molecule has 0 aromatic heterocycles. The second-order valence-electron chi connectivity index (χ2n) is 5.49. The Hall–Kier alpha value is -1.82. The van der Waals surface area contributed by atoms with Crippen LogP contribution >= 0.6 is 0 Å². The first-order valence-corrected chi connectivity index (χ1v) is 6.57. The highest BCUT2D eigenvalue weighted by atomic mass is 16.6. The van der Waals surface area contributed by atoms with Gasteiger partial charge < -0.3 is 15.2 Å². The summed E-state index contributed by atoms with van der Waals surface area (Å²) in [4.78, 5) is 10.6. The first kappa shape index (κ1) is 16.2. The number of benzene rings is 1. The lowest BCUT2D eigenvalue weighted by Crippen LogP contribution is -2.23. The Kier molecular flexibility index (Phi) is 5.76. The maximum absolute atomic E-state index is 11.1. The summed E-state index contributed by atoms with van der Waals surface area (Å²) < 4.78 is 5.00. The number of rotatable bonds is 8. The van der Waals surface area contributed by atoms with E-state index in [0.717, 1.165) is 12.8 Å². The summed E-state index contributed by atoms with van der Waals surface area (Å²) in [7, 11) is 1.48. The number of ether oxygens (including phenoxy) is 1. The molecule has 0 spiro atoms. The van der Waals surface area contributed by atoms with Crippen molar-refractivity contribution in [3.63, 3.8) is 0 Å². The van der Waals surface area contributed by atoms with Crippen LogP contribution in [0.15, 0.2) is 18.2 Å². The van der Waals surface area contributed by atoms with E-state index in [9.17, 15) is 10.1 Å². The highest BCUT2D eigenvalue weighted by Gasteiger charge is 2.20. The first-order chi connectivity index (χ1) is 9.39. The van der Waals surface area contributed by atoms with Gasteiger partial charge in [0.05, 0.1) is 18.1 Å². The Bertz CT molecular complexity index is 460. The lowest BCUT2D eigenvalue weighted by Gasteiger charge is -2.25. The fourth-order valence-corrected chi connectivity index (χ4v) is 1.92. The predicted octanol–water partition coefficient (Wildman–Crippen LogP) is 2.81. The van der Waals surface area contributed by atoms with Gasteiger partial charge in [-0.05, 0) is 30.4 Å². The van der Waals surface area contributed by atoms with Gasteiger partial charge in [0.15, 0.2) is 0 Å². The van der Waals surface area contributed by atoms with Crippen LogP contribution in [-0.2, 0) is 0 Å². The van der Waals surface area contributed by atoms with Crippen molar-refractivity contribution in [1.29, 1.82) is 0 Å². The molecule has 0 amide bonds. The molecule has 0 aliphatic carbocycles. The molecule has 6 heteroatoms. The van der Waals surface area contributed by atoms with Crippen molar-refractivity contribution >= 4 is 11.4 Å². The molecule has 1 aromatic rings. The van der Waals surface area contributed by atoms with Crippen LogP contribution in [0.25, 0.3) is 0 Å². The van der Waals surface area contributed by atoms with E-state index in [1.54, 1.807) is 12.1 Å². The van der Waals surface area contributed by atoms with Crippen LogP contribution in [0.3, 0.4) is 0 Å². The van der Waals surface area contributed by atoms with Crippen LogP contribution in [0.5, 0.6) is 5.75 Å². The van der Waals surface area contributed by atoms with Crippen LogP contribution in [-0.4, -0.2) is 30.3 Å². The van der Waals surface area contributed by atoms with E-state index in [4.69, 9.17) is 9.84 Å². The third-order valence-corrected chi connectivity index (χ3v) is 3.17. The van der Waals surface area contributed by atoms with E-state index >= 15 is 0 Å². The quantitative estimate of drug-likeness (QED) is 0.565. The zero-order valence-corrected chi connectivity index (χ0v) is 12.2. The van der Waals surface area contributed by atoms with Gasteiger partial charge >= 0.3 is 0 Å². The standard InChI is InChI=1S/C14H22N2O4/c1-14(2,7-4-8-17)10-15-12-6-5-11(20-3)9-13(12)16(18)19/h5-6,9,15,17H,4,7-8,10H2,1-3H3. The highest BCUT2D eigenvalue weighted by molar-refractivity contribution is 5.63. The maximum atomic E-state index is 11.1. The number of nitro benzene ring substituents is 1. The van der Waals surface area contributed by atoms with E-state index in [1.165, 1.54) is 13.2 Å². The number of aliphatic hydroxyl groups excluding tert-OH is 1. The molecule has 0 aliphatic rings. The molecule has 20 heavy (non-hydrogen) atoms. The Morgan fingerprint density at radius 3 is 2.70 bits per heavy atom. The fraction of sp³-hybridized carbons (Fsp3) is 0.571. The number of hydrogen-bond donors (Lipinski definition) is 2. The first-order valence-electron chi connectivity index (χ1n) is 6.57. The molecule has 6 nitrogen and oxygen atoms in total. The monoisotopic (exact) mass is 282 g/mol. The average molecular weight is 282 g/mol. The van der Waals surface area contributed by atoms with Crippen molar-refractivity contribution in [3.05, 3.63) is 28.3 Å². The largest absolute Gasteiger partial charge is 0.496 e. The van der Waals surface area contributed by atoms with Gasteiger partial charge in [-0.25, -0.2) is 0 Å². The maximum Gasteiger partial charge on any atom is 0.296 e. The average Bonchev–Trinajstić information content (AvgIpc) is 2.42. The molecule has 0 bridgehead atoms. The highest BCUT2D eigenvalue weighted by Crippen LogP contribution is 2.30. The second-order valence-corrected chi connectivity index (χ2v) is 5.49.